The second-order valence-corrected chi connectivity index (χ2v) is 19.8. The number of rotatable bonds is 9. The molecule has 7 heteroatoms. The van der Waals surface area contributed by atoms with Crippen LogP contribution in [-0.2, 0) is 0 Å². The van der Waals surface area contributed by atoms with Crippen molar-refractivity contribution in [2.75, 3.05) is 0 Å². The molecule has 0 saturated heterocycles. The molecule has 6 heterocycles. The second kappa shape index (κ2) is 13.7. The Bertz CT molecular complexity index is 2850. The van der Waals surface area contributed by atoms with Crippen LogP contribution in [0, 0.1) is 0 Å². The van der Waals surface area contributed by atoms with Crippen LogP contribution in [-0.4, -0.2) is 37.1 Å². The van der Waals surface area contributed by atoms with E-state index >= 15 is 0 Å². The minimum absolute atomic E-state index is 0.352. The van der Waals surface area contributed by atoms with Gasteiger partial charge in [-0.3, -0.25) is 19.9 Å². The monoisotopic (exact) mass is 734 g/mol. The van der Waals surface area contributed by atoms with Gasteiger partial charge >= 0.3 is 0 Å². The molecule has 55 heavy (non-hydrogen) atoms. The second-order valence-electron chi connectivity index (χ2n) is 15.6. The highest BCUT2D eigenvalue weighted by atomic mass is 28.3. The summed E-state index contributed by atoms with van der Waals surface area (Å²) in [4.78, 5) is 20.4. The van der Waals surface area contributed by atoms with Gasteiger partial charge in [-0.1, -0.05) is 108 Å². The zero-order chi connectivity index (χ0) is 37.8. The van der Waals surface area contributed by atoms with Crippen LogP contribution < -0.4 is 10.6 Å². The smallest absolute Gasteiger partial charge is 0.158 e. The average molecular weight is 735 g/mol. The first-order chi connectivity index (χ1) is 26.8. The van der Waals surface area contributed by atoms with E-state index in [4.69, 9.17) is 19.9 Å². The van der Waals surface area contributed by atoms with Gasteiger partial charge in [0.15, 0.2) is 8.07 Å². The summed E-state index contributed by atoms with van der Waals surface area (Å²) < 4.78 is 4.84. The quantitative estimate of drug-likeness (QED) is 0.139. The molecule has 272 valence electrons. The number of nitrogens with zero attached hydrogens (tertiary/aromatic N) is 6. The summed E-state index contributed by atoms with van der Waals surface area (Å²) in [6.45, 7) is 13.7. The van der Waals surface area contributed by atoms with Gasteiger partial charge < -0.3 is 9.13 Å². The molecular formula is C48H46N6Si. The molecule has 6 aromatic heterocycles. The van der Waals surface area contributed by atoms with Gasteiger partial charge in [0.05, 0.1) is 27.8 Å². The van der Waals surface area contributed by atoms with Crippen LogP contribution >= 0.6 is 0 Å². The maximum absolute atomic E-state index is 5.27. The van der Waals surface area contributed by atoms with Gasteiger partial charge in [0, 0.05) is 79.6 Å². The van der Waals surface area contributed by atoms with Crippen LogP contribution in [0.3, 0.4) is 0 Å². The Kier molecular flexibility index (Phi) is 8.70. The van der Waals surface area contributed by atoms with Crippen LogP contribution in [0.5, 0.6) is 0 Å². The van der Waals surface area contributed by atoms with Crippen molar-refractivity contribution in [1.82, 2.24) is 29.1 Å². The highest BCUT2D eigenvalue weighted by molar-refractivity contribution is 6.99. The van der Waals surface area contributed by atoms with Gasteiger partial charge in [-0.25, -0.2) is 0 Å². The summed E-state index contributed by atoms with van der Waals surface area (Å²) >= 11 is 0. The van der Waals surface area contributed by atoms with Crippen molar-refractivity contribution in [2.24, 2.45) is 0 Å². The number of fused-ring (bicyclic) bond motifs is 6. The third kappa shape index (κ3) is 5.76. The minimum Gasteiger partial charge on any atom is -0.309 e. The maximum atomic E-state index is 5.27. The van der Waals surface area contributed by atoms with Gasteiger partial charge in [0.2, 0.25) is 0 Å². The van der Waals surface area contributed by atoms with Crippen molar-refractivity contribution < 1.29 is 0 Å². The van der Waals surface area contributed by atoms with Gasteiger partial charge in [0.25, 0.3) is 0 Å². The van der Waals surface area contributed by atoms with Crippen molar-refractivity contribution in [3.8, 4) is 22.5 Å². The fourth-order valence-corrected chi connectivity index (χ4v) is 10.1. The molecule has 0 aliphatic carbocycles. The molecule has 0 saturated carbocycles. The van der Waals surface area contributed by atoms with Crippen molar-refractivity contribution >= 4 is 62.3 Å². The largest absolute Gasteiger partial charge is 0.309 e. The number of aromatic nitrogens is 6. The van der Waals surface area contributed by atoms with E-state index in [9.17, 15) is 0 Å². The Morgan fingerprint density at radius 3 is 1.49 bits per heavy atom. The summed E-state index contributed by atoms with van der Waals surface area (Å²) in [5.41, 5.74) is 11.5. The summed E-state index contributed by atoms with van der Waals surface area (Å²) in [5, 5.41) is 6.63. The SMILES string of the molecule is CCC(C)c1cc2c(cn1)c1cnc([Si](C)(C)c3cc4c(cn3)c3cnc(C(C)CC)cc3n4-c3ccccc3-c3ccccc3)cc1n2-c1ccccc1. The number of hydrogen-bond donors (Lipinski definition) is 0. The predicted octanol–water partition coefficient (Wildman–Crippen LogP) is 11.0. The number of benzene rings is 3. The fourth-order valence-electron chi connectivity index (χ4n) is 8.06. The van der Waals surface area contributed by atoms with Crippen LogP contribution in [0.15, 0.2) is 134 Å². The topological polar surface area (TPSA) is 61.4 Å². The third-order valence-electron chi connectivity index (χ3n) is 11.9. The van der Waals surface area contributed by atoms with Crippen molar-refractivity contribution in [3.63, 3.8) is 0 Å². The molecule has 0 amide bonds. The van der Waals surface area contributed by atoms with Gasteiger partial charge in [-0.15, -0.1) is 0 Å². The molecule has 0 spiro atoms. The van der Waals surface area contributed by atoms with Crippen molar-refractivity contribution in [3.05, 3.63) is 145 Å². The predicted molar refractivity (Wildman–Crippen MR) is 232 cm³/mol. The number of para-hydroxylation sites is 2. The zero-order valence-corrected chi connectivity index (χ0v) is 33.5. The Balaban J connectivity index is 1.27. The van der Waals surface area contributed by atoms with E-state index < -0.39 is 8.07 Å². The van der Waals surface area contributed by atoms with E-state index in [1.165, 1.54) is 11.1 Å². The first-order valence-corrected chi connectivity index (χ1v) is 22.6. The Morgan fingerprint density at radius 2 is 0.945 bits per heavy atom. The molecule has 9 rings (SSSR count). The maximum Gasteiger partial charge on any atom is 0.158 e. The zero-order valence-electron chi connectivity index (χ0n) is 32.5. The Hall–Kier alpha value is -5.92. The Labute approximate surface area is 323 Å². The lowest BCUT2D eigenvalue weighted by Gasteiger charge is -2.22. The lowest BCUT2D eigenvalue weighted by atomic mass is 10.0. The fraction of sp³-hybridized carbons (Fsp3) is 0.208. The normalized spacial score (nSPS) is 13.3. The summed E-state index contributed by atoms with van der Waals surface area (Å²) in [6, 6.07) is 39.4. The molecule has 0 fully saturated rings. The van der Waals surface area contributed by atoms with Crippen molar-refractivity contribution in [1.29, 1.82) is 0 Å². The van der Waals surface area contributed by atoms with E-state index in [-0.39, 0.29) is 0 Å². The van der Waals surface area contributed by atoms with Crippen LogP contribution in [0.1, 0.15) is 63.8 Å². The van der Waals surface area contributed by atoms with Crippen LogP contribution in [0.2, 0.25) is 13.1 Å². The molecule has 9 aromatic rings. The van der Waals surface area contributed by atoms with E-state index in [2.05, 4.69) is 178 Å². The van der Waals surface area contributed by atoms with Crippen molar-refractivity contribution in [2.45, 2.75) is 65.5 Å². The van der Waals surface area contributed by atoms with E-state index in [0.29, 0.717) is 11.8 Å². The van der Waals surface area contributed by atoms with Gasteiger partial charge in [0.1, 0.15) is 0 Å². The molecule has 0 aliphatic heterocycles. The molecular weight excluding hydrogens is 689 g/mol. The summed E-state index contributed by atoms with van der Waals surface area (Å²) in [7, 11) is -2.46. The highest BCUT2D eigenvalue weighted by Gasteiger charge is 2.32. The molecule has 2 unspecified atom stereocenters. The lowest BCUT2D eigenvalue weighted by molar-refractivity contribution is 0.709. The molecule has 0 radical (unpaired) electrons. The first kappa shape index (κ1) is 34.8. The van der Waals surface area contributed by atoms with Crippen LogP contribution in [0.4, 0.5) is 0 Å². The third-order valence-corrected chi connectivity index (χ3v) is 15.0. The average Bonchev–Trinajstić information content (AvgIpc) is 3.74. The van der Waals surface area contributed by atoms with E-state index in [1.54, 1.807) is 0 Å². The molecule has 0 N–H and O–H groups in total. The van der Waals surface area contributed by atoms with E-state index in [1.807, 2.05) is 6.20 Å². The molecule has 2 atom stereocenters. The van der Waals surface area contributed by atoms with Crippen LogP contribution in [0.25, 0.3) is 66.1 Å². The molecule has 0 bridgehead atoms. The summed E-state index contributed by atoms with van der Waals surface area (Å²) in [5.74, 6) is 0.727. The minimum atomic E-state index is -2.46. The molecule has 6 nitrogen and oxygen atoms in total. The molecule has 3 aromatic carbocycles. The highest BCUT2D eigenvalue weighted by Crippen LogP contribution is 2.37. The number of hydrogen-bond acceptors (Lipinski definition) is 4. The van der Waals surface area contributed by atoms with Gasteiger partial charge in [-0.2, -0.15) is 0 Å². The first-order valence-electron chi connectivity index (χ1n) is 19.6. The number of pyridine rings is 4. The summed E-state index contributed by atoms with van der Waals surface area (Å²) in [6.07, 6.45) is 10.3. The Morgan fingerprint density at radius 1 is 0.509 bits per heavy atom. The standard InChI is InChI=1S/C48H46N6Si/c1-7-31(3)40-23-43-36(27-49-40)38-29-51-47(25-45(38)53(43)34-19-13-10-14-20-34)55(5,6)48-26-46-39(30-52-48)37-28-50-41(32(4)8-2)24-44(37)54(46)42-22-16-15-21-35(42)33-17-11-9-12-18-33/h9-32H,7-8H2,1-6H3. The lowest BCUT2D eigenvalue weighted by Crippen LogP contribution is -2.55. The van der Waals surface area contributed by atoms with Gasteiger partial charge in [-0.05, 0) is 72.7 Å². The van der Waals surface area contributed by atoms with E-state index in [0.717, 1.165) is 89.9 Å². The molecule has 0 aliphatic rings.